The molecule has 0 aromatic heterocycles. The summed E-state index contributed by atoms with van der Waals surface area (Å²) in [4.78, 5) is 16.1. The van der Waals surface area contributed by atoms with Gasteiger partial charge in [-0.3, -0.25) is 9.69 Å². The van der Waals surface area contributed by atoms with Crippen LogP contribution in [0.5, 0.6) is 0 Å². The van der Waals surface area contributed by atoms with Crippen molar-refractivity contribution in [2.24, 2.45) is 0 Å². The van der Waals surface area contributed by atoms with Gasteiger partial charge in [0.25, 0.3) is 0 Å². The second-order valence-corrected chi connectivity index (χ2v) is 8.10. The van der Waals surface area contributed by atoms with Crippen LogP contribution >= 0.6 is 0 Å². The number of hydrogen-bond acceptors (Lipinski definition) is 4. The highest BCUT2D eigenvalue weighted by atomic mass is 32.2. The molecule has 0 atom stereocenters. The van der Waals surface area contributed by atoms with E-state index in [-0.39, 0.29) is 5.91 Å². The SMILES string of the molecule is Cc1ccccc1CN(C)C(=O)CN1CCN(S(C)(=O)=O)CC1. The molecule has 7 heteroatoms. The number of likely N-dealkylation sites (N-methyl/N-ethyl adjacent to an activating group) is 1. The molecule has 0 aliphatic carbocycles. The molecule has 1 aromatic rings. The van der Waals surface area contributed by atoms with Crippen molar-refractivity contribution in [3.8, 4) is 0 Å². The normalized spacial score (nSPS) is 17.2. The molecule has 1 amide bonds. The summed E-state index contributed by atoms with van der Waals surface area (Å²) in [6.45, 7) is 5.06. The van der Waals surface area contributed by atoms with Crippen molar-refractivity contribution in [3.63, 3.8) is 0 Å². The van der Waals surface area contributed by atoms with Gasteiger partial charge in [0.2, 0.25) is 15.9 Å². The first-order valence-electron chi connectivity index (χ1n) is 7.73. The van der Waals surface area contributed by atoms with Crippen molar-refractivity contribution in [3.05, 3.63) is 35.4 Å². The van der Waals surface area contributed by atoms with Gasteiger partial charge in [-0.25, -0.2) is 8.42 Å². The molecule has 1 heterocycles. The van der Waals surface area contributed by atoms with E-state index >= 15 is 0 Å². The summed E-state index contributed by atoms with van der Waals surface area (Å²) < 4.78 is 24.4. The van der Waals surface area contributed by atoms with Gasteiger partial charge in [-0.2, -0.15) is 4.31 Å². The van der Waals surface area contributed by atoms with E-state index in [1.807, 2.05) is 43.1 Å². The number of amides is 1. The predicted octanol–water partition coefficient (Wildman–Crippen LogP) is 0.531. The minimum atomic E-state index is -3.13. The summed E-state index contributed by atoms with van der Waals surface area (Å²) in [5, 5.41) is 0. The van der Waals surface area contributed by atoms with Gasteiger partial charge in [0, 0.05) is 39.8 Å². The molecule has 0 N–H and O–H groups in total. The highest BCUT2D eigenvalue weighted by Gasteiger charge is 2.25. The van der Waals surface area contributed by atoms with Crippen molar-refractivity contribution < 1.29 is 13.2 Å². The highest BCUT2D eigenvalue weighted by Crippen LogP contribution is 2.11. The molecule has 0 saturated carbocycles. The number of benzene rings is 1. The van der Waals surface area contributed by atoms with E-state index in [2.05, 4.69) is 0 Å². The Morgan fingerprint density at radius 1 is 1.17 bits per heavy atom. The van der Waals surface area contributed by atoms with Crippen molar-refractivity contribution in [2.45, 2.75) is 13.5 Å². The van der Waals surface area contributed by atoms with Crippen LogP contribution in [0.3, 0.4) is 0 Å². The largest absolute Gasteiger partial charge is 0.340 e. The number of rotatable bonds is 5. The minimum absolute atomic E-state index is 0.0565. The molecule has 0 radical (unpaired) electrons. The zero-order chi connectivity index (χ0) is 17.0. The van der Waals surface area contributed by atoms with E-state index in [1.165, 1.54) is 16.1 Å². The Hall–Kier alpha value is -1.44. The van der Waals surface area contributed by atoms with Crippen LogP contribution in [0.2, 0.25) is 0 Å². The molecule has 1 aromatic carbocycles. The Morgan fingerprint density at radius 2 is 1.78 bits per heavy atom. The standard InChI is InChI=1S/C16H25N3O3S/c1-14-6-4-5-7-15(14)12-17(2)16(20)13-18-8-10-19(11-9-18)23(3,21)22/h4-7H,8-13H2,1-3H3. The van der Waals surface area contributed by atoms with Crippen molar-refractivity contribution in [1.82, 2.24) is 14.1 Å². The maximum Gasteiger partial charge on any atom is 0.236 e. The van der Waals surface area contributed by atoms with E-state index in [0.29, 0.717) is 39.3 Å². The molecule has 1 aliphatic heterocycles. The fraction of sp³-hybridized carbons (Fsp3) is 0.562. The highest BCUT2D eigenvalue weighted by molar-refractivity contribution is 7.88. The van der Waals surface area contributed by atoms with Gasteiger partial charge >= 0.3 is 0 Å². The second-order valence-electron chi connectivity index (χ2n) is 6.11. The Labute approximate surface area is 138 Å². The molecular formula is C16H25N3O3S. The topological polar surface area (TPSA) is 60.9 Å². The Bertz CT molecular complexity index is 652. The fourth-order valence-electron chi connectivity index (χ4n) is 2.66. The summed E-state index contributed by atoms with van der Waals surface area (Å²) in [6, 6.07) is 8.04. The van der Waals surface area contributed by atoms with Crippen molar-refractivity contribution in [2.75, 3.05) is 46.0 Å². The van der Waals surface area contributed by atoms with Crippen LogP contribution in [0.25, 0.3) is 0 Å². The molecule has 128 valence electrons. The molecule has 1 fully saturated rings. The first kappa shape index (κ1) is 17.9. The van der Waals surface area contributed by atoms with Gasteiger partial charge in [0.15, 0.2) is 0 Å². The fourth-order valence-corrected chi connectivity index (χ4v) is 3.49. The number of piperazine rings is 1. The molecular weight excluding hydrogens is 314 g/mol. The summed E-state index contributed by atoms with van der Waals surface area (Å²) in [5.74, 6) is 0.0565. The van der Waals surface area contributed by atoms with Crippen LogP contribution in [-0.4, -0.2) is 74.5 Å². The molecule has 0 bridgehead atoms. The van der Waals surface area contributed by atoms with Gasteiger partial charge < -0.3 is 4.90 Å². The van der Waals surface area contributed by atoms with Crippen LogP contribution in [0.4, 0.5) is 0 Å². The summed E-state index contributed by atoms with van der Waals surface area (Å²) in [5.41, 5.74) is 2.32. The first-order chi connectivity index (χ1) is 10.8. The third kappa shape index (κ3) is 5.02. The van der Waals surface area contributed by atoms with Gasteiger partial charge in [0.1, 0.15) is 0 Å². The van der Waals surface area contributed by atoms with Crippen LogP contribution < -0.4 is 0 Å². The monoisotopic (exact) mass is 339 g/mol. The van der Waals surface area contributed by atoms with Crippen molar-refractivity contribution >= 4 is 15.9 Å². The first-order valence-corrected chi connectivity index (χ1v) is 9.58. The molecule has 1 aliphatic rings. The van der Waals surface area contributed by atoms with Gasteiger partial charge in [0.05, 0.1) is 12.8 Å². The predicted molar refractivity (Wildman–Crippen MR) is 90.5 cm³/mol. The number of carbonyl (C=O) groups excluding carboxylic acids is 1. The Kier molecular flexibility index (Phi) is 5.78. The molecule has 6 nitrogen and oxygen atoms in total. The molecule has 23 heavy (non-hydrogen) atoms. The molecule has 0 spiro atoms. The van der Waals surface area contributed by atoms with Gasteiger partial charge in [-0.05, 0) is 18.1 Å². The lowest BCUT2D eigenvalue weighted by molar-refractivity contribution is -0.131. The average molecular weight is 339 g/mol. The van der Waals surface area contributed by atoms with Crippen LogP contribution in [0, 0.1) is 6.92 Å². The molecule has 2 rings (SSSR count). The van der Waals surface area contributed by atoms with Gasteiger partial charge in [-0.15, -0.1) is 0 Å². The van der Waals surface area contributed by atoms with E-state index < -0.39 is 10.0 Å². The second kappa shape index (κ2) is 7.42. The van der Waals surface area contributed by atoms with E-state index in [9.17, 15) is 13.2 Å². The lowest BCUT2D eigenvalue weighted by atomic mass is 10.1. The number of aryl methyl sites for hydroxylation is 1. The number of nitrogens with zero attached hydrogens (tertiary/aromatic N) is 3. The average Bonchev–Trinajstić information content (AvgIpc) is 2.49. The van der Waals surface area contributed by atoms with Gasteiger partial charge in [-0.1, -0.05) is 24.3 Å². The summed E-state index contributed by atoms with van der Waals surface area (Å²) in [6.07, 6.45) is 1.23. The minimum Gasteiger partial charge on any atom is -0.340 e. The van der Waals surface area contributed by atoms with E-state index in [4.69, 9.17) is 0 Å². The zero-order valence-electron chi connectivity index (χ0n) is 14.0. The van der Waals surface area contributed by atoms with E-state index in [1.54, 1.807) is 4.90 Å². The van der Waals surface area contributed by atoms with Crippen LogP contribution in [0.1, 0.15) is 11.1 Å². The summed E-state index contributed by atoms with van der Waals surface area (Å²) in [7, 11) is -1.32. The maximum atomic E-state index is 12.4. The lowest BCUT2D eigenvalue weighted by Gasteiger charge is -2.33. The number of hydrogen-bond donors (Lipinski definition) is 0. The Balaban J connectivity index is 1.84. The number of sulfonamides is 1. The zero-order valence-corrected chi connectivity index (χ0v) is 14.8. The summed E-state index contributed by atoms with van der Waals surface area (Å²) >= 11 is 0. The van der Waals surface area contributed by atoms with Crippen molar-refractivity contribution in [1.29, 1.82) is 0 Å². The molecule has 1 saturated heterocycles. The lowest BCUT2D eigenvalue weighted by Crippen LogP contribution is -2.50. The number of carbonyl (C=O) groups is 1. The third-order valence-corrected chi connectivity index (χ3v) is 5.56. The van der Waals surface area contributed by atoms with Crippen LogP contribution in [-0.2, 0) is 21.4 Å². The van der Waals surface area contributed by atoms with E-state index in [0.717, 1.165) is 5.56 Å². The quantitative estimate of drug-likeness (QED) is 0.785. The smallest absolute Gasteiger partial charge is 0.236 e. The molecule has 0 unspecified atom stereocenters. The Morgan fingerprint density at radius 3 is 2.35 bits per heavy atom. The van der Waals surface area contributed by atoms with Crippen LogP contribution in [0.15, 0.2) is 24.3 Å². The third-order valence-electron chi connectivity index (χ3n) is 4.25. The maximum absolute atomic E-state index is 12.4.